The minimum atomic E-state index is -4.38. The average Bonchev–Trinajstić information content (AvgIpc) is 3.19. The number of hydrogen-bond donors (Lipinski definition) is 0. The summed E-state index contributed by atoms with van der Waals surface area (Å²) >= 11 is 0.616. The number of anilines is 1. The third-order valence-electron chi connectivity index (χ3n) is 4.90. The highest BCUT2D eigenvalue weighted by molar-refractivity contribution is 7.12. The van der Waals surface area contributed by atoms with Gasteiger partial charge in [-0.3, -0.25) is 4.57 Å². The lowest BCUT2D eigenvalue weighted by molar-refractivity contribution is -0.134. The second kappa shape index (κ2) is 8.06. The molecule has 0 N–H and O–H groups in total. The van der Waals surface area contributed by atoms with Gasteiger partial charge >= 0.3 is 11.9 Å². The third kappa shape index (κ3) is 4.46. The molecule has 4 rings (SSSR count). The van der Waals surface area contributed by atoms with Crippen LogP contribution in [0.25, 0.3) is 5.57 Å². The third-order valence-corrected chi connectivity index (χ3v) is 6.02. The molecule has 30 heavy (non-hydrogen) atoms. The molecule has 1 aliphatic rings. The monoisotopic (exact) mass is 432 g/mol. The van der Waals surface area contributed by atoms with Crippen LogP contribution >= 0.6 is 11.3 Å². The fourth-order valence-electron chi connectivity index (χ4n) is 3.35. The molecule has 0 fully saturated rings. The Labute approximate surface area is 175 Å². The maximum atomic E-state index is 12.7. The van der Waals surface area contributed by atoms with E-state index in [0.29, 0.717) is 35.3 Å². The van der Waals surface area contributed by atoms with Gasteiger partial charge in [-0.15, -0.1) is 11.3 Å². The van der Waals surface area contributed by atoms with Crippen LogP contribution in [0.2, 0.25) is 0 Å². The van der Waals surface area contributed by atoms with Crippen LogP contribution in [0.1, 0.15) is 27.3 Å². The molecule has 5 nitrogen and oxygen atoms in total. The lowest BCUT2D eigenvalue weighted by Crippen LogP contribution is -2.33. The van der Waals surface area contributed by atoms with Crippen molar-refractivity contribution < 1.29 is 13.2 Å². The van der Waals surface area contributed by atoms with E-state index in [1.54, 1.807) is 0 Å². The second-order valence-electron chi connectivity index (χ2n) is 7.13. The molecule has 0 unspecified atom stereocenters. The SMILES string of the molecule is Cc1cccc(C2=CCN(c3ncn(Cc4ccc(C(F)(F)F)s4)c(=O)n3)CC2)c1. The van der Waals surface area contributed by atoms with Crippen molar-refractivity contribution in [3.8, 4) is 0 Å². The first-order valence-electron chi connectivity index (χ1n) is 9.40. The van der Waals surface area contributed by atoms with Crippen LogP contribution in [-0.4, -0.2) is 27.6 Å². The van der Waals surface area contributed by atoms with Crippen LogP contribution in [-0.2, 0) is 12.7 Å². The molecule has 3 aromatic rings. The number of aromatic nitrogens is 3. The summed E-state index contributed by atoms with van der Waals surface area (Å²) < 4.78 is 39.4. The van der Waals surface area contributed by atoms with Gasteiger partial charge in [0.2, 0.25) is 5.95 Å². The van der Waals surface area contributed by atoms with Crippen molar-refractivity contribution in [1.82, 2.24) is 14.5 Å². The molecule has 0 bridgehead atoms. The minimum Gasteiger partial charge on any atom is -0.337 e. The van der Waals surface area contributed by atoms with Crippen molar-refractivity contribution in [2.75, 3.05) is 18.0 Å². The van der Waals surface area contributed by atoms with Gasteiger partial charge in [0.15, 0.2) is 0 Å². The van der Waals surface area contributed by atoms with E-state index < -0.39 is 16.7 Å². The molecule has 0 spiro atoms. The summed E-state index contributed by atoms with van der Waals surface area (Å²) in [6.07, 6.45) is -0.118. The van der Waals surface area contributed by atoms with E-state index in [-0.39, 0.29) is 6.54 Å². The van der Waals surface area contributed by atoms with Gasteiger partial charge in [-0.25, -0.2) is 9.78 Å². The van der Waals surface area contributed by atoms with E-state index in [1.807, 2.05) is 11.0 Å². The van der Waals surface area contributed by atoms with E-state index >= 15 is 0 Å². The molecule has 1 aliphatic heterocycles. The number of alkyl halides is 3. The number of aryl methyl sites for hydroxylation is 1. The summed E-state index contributed by atoms with van der Waals surface area (Å²) in [5, 5.41) is 0. The Bertz CT molecular complexity index is 1150. The lowest BCUT2D eigenvalue weighted by atomic mass is 9.98. The van der Waals surface area contributed by atoms with Crippen LogP contribution in [0.15, 0.2) is 53.6 Å². The van der Waals surface area contributed by atoms with Gasteiger partial charge in [0.05, 0.1) is 6.54 Å². The number of halogens is 3. The van der Waals surface area contributed by atoms with Gasteiger partial charge in [-0.05, 0) is 36.6 Å². The maximum Gasteiger partial charge on any atom is 0.425 e. The zero-order valence-corrected chi connectivity index (χ0v) is 17.0. The predicted octanol–water partition coefficient (Wildman–Crippen LogP) is 4.37. The van der Waals surface area contributed by atoms with Crippen molar-refractivity contribution in [2.24, 2.45) is 0 Å². The molecule has 0 atom stereocenters. The Morgan fingerprint density at radius 1 is 1.20 bits per heavy atom. The fourth-order valence-corrected chi connectivity index (χ4v) is 4.23. The Kier molecular flexibility index (Phi) is 5.46. The maximum absolute atomic E-state index is 12.7. The van der Waals surface area contributed by atoms with Gasteiger partial charge in [0, 0.05) is 18.0 Å². The molecule has 0 amide bonds. The fraction of sp³-hybridized carbons (Fsp3) is 0.286. The first-order valence-corrected chi connectivity index (χ1v) is 10.2. The van der Waals surface area contributed by atoms with Gasteiger partial charge in [-0.2, -0.15) is 18.2 Å². The van der Waals surface area contributed by atoms with Gasteiger partial charge < -0.3 is 4.90 Å². The molecule has 0 saturated carbocycles. The van der Waals surface area contributed by atoms with Crippen LogP contribution in [0, 0.1) is 6.92 Å². The van der Waals surface area contributed by atoms with Crippen molar-refractivity contribution in [1.29, 1.82) is 0 Å². The Morgan fingerprint density at radius 3 is 2.67 bits per heavy atom. The Hall–Kier alpha value is -2.94. The molecule has 156 valence electrons. The quantitative estimate of drug-likeness (QED) is 0.615. The van der Waals surface area contributed by atoms with Gasteiger partial charge in [0.1, 0.15) is 11.2 Å². The van der Waals surface area contributed by atoms with Crippen LogP contribution in [0.3, 0.4) is 0 Å². The number of hydrogen-bond acceptors (Lipinski definition) is 5. The summed E-state index contributed by atoms with van der Waals surface area (Å²) in [4.78, 5) is 22.3. The molecule has 3 heterocycles. The van der Waals surface area contributed by atoms with E-state index in [4.69, 9.17) is 0 Å². The van der Waals surface area contributed by atoms with E-state index in [2.05, 4.69) is 41.2 Å². The highest BCUT2D eigenvalue weighted by Gasteiger charge is 2.32. The van der Waals surface area contributed by atoms with Crippen LogP contribution < -0.4 is 10.6 Å². The van der Waals surface area contributed by atoms with Crippen LogP contribution in [0.4, 0.5) is 19.1 Å². The molecule has 1 aromatic carbocycles. The normalized spacial score (nSPS) is 14.7. The summed E-state index contributed by atoms with van der Waals surface area (Å²) in [6, 6.07) is 10.7. The molecular weight excluding hydrogens is 413 g/mol. The van der Waals surface area contributed by atoms with Gasteiger partial charge in [0.25, 0.3) is 0 Å². The zero-order chi connectivity index (χ0) is 21.3. The van der Waals surface area contributed by atoms with Crippen molar-refractivity contribution >= 4 is 22.9 Å². The molecule has 0 aliphatic carbocycles. The molecule has 2 aromatic heterocycles. The van der Waals surface area contributed by atoms with Gasteiger partial charge in [-0.1, -0.05) is 35.9 Å². The first-order chi connectivity index (χ1) is 14.3. The predicted molar refractivity (Wildman–Crippen MR) is 111 cm³/mol. The highest BCUT2D eigenvalue weighted by Crippen LogP contribution is 2.34. The van der Waals surface area contributed by atoms with E-state index in [9.17, 15) is 18.0 Å². The summed E-state index contributed by atoms with van der Waals surface area (Å²) in [7, 11) is 0. The molecular formula is C21H19F3N4OS. The molecule has 9 heteroatoms. The highest BCUT2D eigenvalue weighted by atomic mass is 32.1. The smallest absolute Gasteiger partial charge is 0.337 e. The number of nitrogens with zero attached hydrogens (tertiary/aromatic N) is 4. The summed E-state index contributed by atoms with van der Waals surface area (Å²) in [6.45, 7) is 3.34. The standard InChI is InChI=1S/C21H19F3N4OS/c1-14-3-2-4-16(11-14)15-7-9-27(10-8-15)19-25-13-28(20(29)26-19)12-17-5-6-18(30-17)21(22,23)24/h2-7,11,13H,8-10,12H2,1H3. The van der Waals surface area contributed by atoms with Crippen molar-refractivity contribution in [3.05, 3.63) is 80.2 Å². The Balaban J connectivity index is 1.46. The first kappa shape index (κ1) is 20.3. The molecule has 0 saturated heterocycles. The van der Waals surface area contributed by atoms with Crippen molar-refractivity contribution in [2.45, 2.75) is 26.1 Å². The topological polar surface area (TPSA) is 51.0 Å². The Morgan fingerprint density at radius 2 is 2.03 bits per heavy atom. The summed E-state index contributed by atoms with van der Waals surface area (Å²) in [5.74, 6) is 0.331. The lowest BCUT2D eigenvalue weighted by Gasteiger charge is -2.26. The molecule has 0 radical (unpaired) electrons. The van der Waals surface area contributed by atoms with Crippen LogP contribution in [0.5, 0.6) is 0 Å². The van der Waals surface area contributed by atoms with E-state index in [1.165, 1.54) is 33.7 Å². The largest absolute Gasteiger partial charge is 0.425 e. The summed E-state index contributed by atoms with van der Waals surface area (Å²) in [5.41, 5.74) is 3.12. The van der Waals surface area contributed by atoms with Crippen molar-refractivity contribution in [3.63, 3.8) is 0 Å². The minimum absolute atomic E-state index is 0.0112. The second-order valence-corrected chi connectivity index (χ2v) is 8.29. The average molecular weight is 432 g/mol. The number of thiophene rings is 1. The number of benzene rings is 1. The number of rotatable bonds is 4. The van der Waals surface area contributed by atoms with E-state index in [0.717, 1.165) is 12.5 Å². The zero-order valence-electron chi connectivity index (χ0n) is 16.2.